The average molecular weight is 469 g/mol. The van der Waals surface area contributed by atoms with Gasteiger partial charge in [-0.15, -0.1) is 21.5 Å². The van der Waals surface area contributed by atoms with Crippen LogP contribution in [0.2, 0.25) is 5.02 Å². The summed E-state index contributed by atoms with van der Waals surface area (Å²) in [7, 11) is 0. The summed E-state index contributed by atoms with van der Waals surface area (Å²) in [5.41, 5.74) is 0.495. The molecule has 1 amide bonds. The molecule has 2 N–H and O–H groups in total. The molecule has 11 heteroatoms. The van der Waals surface area contributed by atoms with Gasteiger partial charge in [0.15, 0.2) is 15.8 Å². The van der Waals surface area contributed by atoms with Crippen LogP contribution in [0.15, 0.2) is 34.0 Å². The zero-order valence-corrected chi connectivity index (χ0v) is 18.3. The highest BCUT2D eigenvalue weighted by Crippen LogP contribution is 2.38. The Bertz CT molecular complexity index is 981. The number of nitrogens with zero attached hydrogens (tertiary/aromatic N) is 2. The van der Waals surface area contributed by atoms with Crippen molar-refractivity contribution < 1.29 is 14.3 Å². The van der Waals surface area contributed by atoms with Crippen molar-refractivity contribution in [3.8, 4) is 11.5 Å². The highest BCUT2D eigenvalue weighted by Gasteiger charge is 2.17. The predicted octanol–water partition coefficient (Wildman–Crippen LogP) is 4.41. The van der Waals surface area contributed by atoms with Crippen LogP contribution in [-0.2, 0) is 11.2 Å². The fraction of sp³-hybridized carbons (Fsp3) is 0.278. The van der Waals surface area contributed by atoms with Gasteiger partial charge in [-0.25, -0.2) is 0 Å². The summed E-state index contributed by atoms with van der Waals surface area (Å²) in [6, 6.07) is 7.49. The number of hydrogen-bond donors (Lipinski definition) is 2. The number of hydrogen-bond acceptors (Lipinski definition) is 9. The first-order valence-corrected chi connectivity index (χ1v) is 11.8. The minimum absolute atomic E-state index is 0.184. The number of aromatic nitrogens is 2. The van der Waals surface area contributed by atoms with Gasteiger partial charge in [0.1, 0.15) is 13.2 Å². The maximum Gasteiger partial charge on any atom is 0.234 e. The summed E-state index contributed by atoms with van der Waals surface area (Å²) in [6.45, 7) is 1.75. The summed E-state index contributed by atoms with van der Waals surface area (Å²) in [5.74, 6) is 1.18. The maximum absolute atomic E-state index is 12.3. The van der Waals surface area contributed by atoms with Gasteiger partial charge in [0, 0.05) is 23.6 Å². The third kappa shape index (κ3) is 5.53. The lowest BCUT2D eigenvalue weighted by molar-refractivity contribution is -0.113. The molecule has 152 valence electrons. The number of amides is 1. The van der Waals surface area contributed by atoms with E-state index in [1.165, 1.54) is 28.0 Å². The highest BCUT2D eigenvalue weighted by molar-refractivity contribution is 8.01. The Hall–Kier alpha value is -2.01. The van der Waals surface area contributed by atoms with Crippen LogP contribution in [0.25, 0.3) is 0 Å². The van der Waals surface area contributed by atoms with E-state index in [1.807, 2.05) is 6.07 Å². The van der Waals surface area contributed by atoms with Gasteiger partial charge in [0.05, 0.1) is 16.5 Å². The van der Waals surface area contributed by atoms with Gasteiger partial charge in [-0.2, -0.15) is 0 Å². The van der Waals surface area contributed by atoms with Crippen molar-refractivity contribution in [3.63, 3.8) is 0 Å². The van der Waals surface area contributed by atoms with Crippen LogP contribution < -0.4 is 20.1 Å². The minimum atomic E-state index is -0.184. The topological polar surface area (TPSA) is 85.4 Å². The third-order valence-electron chi connectivity index (χ3n) is 3.87. The van der Waals surface area contributed by atoms with Crippen molar-refractivity contribution >= 4 is 62.8 Å². The standard InChI is InChI=1S/C18H17ClN4O3S3/c19-12-8-14-15(26-6-5-25-14)9-13(12)21-16(24)10-28-18-23-22-17(29-18)20-4-3-11-2-1-7-27-11/h1-2,7-9H,3-6,10H2,(H,20,22)(H,21,24). The Balaban J connectivity index is 1.25. The molecular weight excluding hydrogens is 452 g/mol. The van der Waals surface area contributed by atoms with Crippen LogP contribution >= 0.6 is 46.0 Å². The minimum Gasteiger partial charge on any atom is -0.486 e. The molecule has 3 heterocycles. The summed E-state index contributed by atoms with van der Waals surface area (Å²) >= 11 is 10.7. The van der Waals surface area contributed by atoms with Crippen molar-refractivity contribution in [2.75, 3.05) is 36.1 Å². The zero-order valence-electron chi connectivity index (χ0n) is 15.1. The number of rotatable bonds is 8. The molecule has 0 spiro atoms. The first-order valence-electron chi connectivity index (χ1n) is 8.79. The van der Waals surface area contributed by atoms with Crippen molar-refractivity contribution in [1.82, 2.24) is 10.2 Å². The smallest absolute Gasteiger partial charge is 0.234 e. The van der Waals surface area contributed by atoms with Gasteiger partial charge in [0.2, 0.25) is 11.0 Å². The Labute approximate surface area is 184 Å². The van der Waals surface area contributed by atoms with Crippen LogP contribution in [0.5, 0.6) is 11.5 Å². The summed E-state index contributed by atoms with van der Waals surface area (Å²) < 4.78 is 11.7. The molecule has 0 bridgehead atoms. The van der Waals surface area contributed by atoms with Crippen molar-refractivity contribution in [2.24, 2.45) is 0 Å². The molecule has 0 saturated heterocycles. The maximum atomic E-state index is 12.3. The van der Waals surface area contributed by atoms with Gasteiger partial charge >= 0.3 is 0 Å². The fourth-order valence-electron chi connectivity index (χ4n) is 2.56. The Morgan fingerprint density at radius 1 is 1.24 bits per heavy atom. The SMILES string of the molecule is O=C(CSc1nnc(NCCc2cccs2)s1)Nc1cc2c(cc1Cl)OCCO2. The van der Waals surface area contributed by atoms with Crippen LogP contribution in [0, 0.1) is 0 Å². The summed E-state index contributed by atoms with van der Waals surface area (Å²) in [5, 5.41) is 17.5. The number of thioether (sulfide) groups is 1. The van der Waals surface area contributed by atoms with E-state index in [4.69, 9.17) is 21.1 Å². The molecule has 1 aliphatic heterocycles. The van der Waals surface area contributed by atoms with Crippen LogP contribution in [-0.4, -0.2) is 41.6 Å². The molecule has 3 aromatic rings. The molecule has 0 radical (unpaired) electrons. The zero-order chi connectivity index (χ0) is 20.1. The molecule has 29 heavy (non-hydrogen) atoms. The molecule has 7 nitrogen and oxygen atoms in total. The van der Waals surface area contributed by atoms with Gasteiger partial charge in [-0.1, -0.05) is 40.8 Å². The number of carbonyl (C=O) groups is 1. The van der Waals surface area contributed by atoms with E-state index in [2.05, 4.69) is 32.3 Å². The molecule has 1 aromatic carbocycles. The van der Waals surface area contributed by atoms with E-state index in [1.54, 1.807) is 23.5 Å². The summed E-state index contributed by atoms with van der Waals surface area (Å²) in [6.07, 6.45) is 0.943. The molecule has 0 saturated carbocycles. The van der Waals surface area contributed by atoms with Gasteiger partial charge in [-0.05, 0) is 17.9 Å². The highest BCUT2D eigenvalue weighted by atomic mass is 35.5. The van der Waals surface area contributed by atoms with Crippen LogP contribution in [0.3, 0.4) is 0 Å². The second kappa shape index (κ2) is 9.66. The number of thiophene rings is 1. The Kier molecular flexibility index (Phi) is 6.75. The lowest BCUT2D eigenvalue weighted by Crippen LogP contribution is -2.17. The van der Waals surface area contributed by atoms with Gasteiger partial charge in [-0.3, -0.25) is 4.79 Å². The Morgan fingerprint density at radius 3 is 2.86 bits per heavy atom. The quantitative estimate of drug-likeness (QED) is 0.473. The first-order chi connectivity index (χ1) is 14.2. The van der Waals surface area contributed by atoms with Crippen molar-refractivity contribution in [3.05, 3.63) is 39.5 Å². The van der Waals surface area contributed by atoms with Gasteiger partial charge < -0.3 is 20.1 Å². The number of anilines is 2. The molecule has 0 unspecified atom stereocenters. The largest absolute Gasteiger partial charge is 0.486 e. The molecule has 2 aromatic heterocycles. The number of ether oxygens (including phenoxy) is 2. The lowest BCUT2D eigenvalue weighted by Gasteiger charge is -2.19. The van der Waals surface area contributed by atoms with E-state index in [9.17, 15) is 4.79 Å². The number of fused-ring (bicyclic) bond motifs is 1. The van der Waals surface area contributed by atoms with E-state index in [-0.39, 0.29) is 11.7 Å². The number of nitrogens with one attached hydrogen (secondary N) is 2. The van der Waals surface area contributed by atoms with E-state index >= 15 is 0 Å². The predicted molar refractivity (Wildman–Crippen MR) is 118 cm³/mol. The van der Waals surface area contributed by atoms with E-state index in [0.29, 0.717) is 35.4 Å². The first kappa shape index (κ1) is 20.3. The molecular formula is C18H17ClN4O3S3. The molecule has 0 atom stereocenters. The van der Waals surface area contributed by atoms with E-state index < -0.39 is 0 Å². The average Bonchev–Trinajstić information content (AvgIpc) is 3.39. The number of benzene rings is 1. The Morgan fingerprint density at radius 2 is 2.07 bits per heavy atom. The van der Waals surface area contributed by atoms with Crippen LogP contribution in [0.1, 0.15) is 4.88 Å². The number of halogens is 1. The van der Waals surface area contributed by atoms with Gasteiger partial charge in [0.25, 0.3) is 0 Å². The lowest BCUT2D eigenvalue weighted by atomic mass is 10.2. The molecule has 4 rings (SSSR count). The second-order valence-corrected chi connectivity index (χ2v) is 9.58. The normalized spacial score (nSPS) is 12.6. The molecule has 0 fully saturated rings. The monoisotopic (exact) mass is 468 g/mol. The van der Waals surface area contributed by atoms with Crippen molar-refractivity contribution in [1.29, 1.82) is 0 Å². The van der Waals surface area contributed by atoms with E-state index in [0.717, 1.165) is 22.4 Å². The van der Waals surface area contributed by atoms with Crippen molar-refractivity contribution in [2.45, 2.75) is 10.8 Å². The second-order valence-electron chi connectivity index (χ2n) is 5.94. The summed E-state index contributed by atoms with van der Waals surface area (Å²) in [4.78, 5) is 13.6. The third-order valence-corrected chi connectivity index (χ3v) is 7.13. The molecule has 1 aliphatic rings. The molecule has 0 aliphatic carbocycles. The fourth-order valence-corrected chi connectivity index (χ4v) is 5.05. The number of carbonyl (C=O) groups excluding carboxylic acids is 1. The van der Waals surface area contributed by atoms with Crippen LogP contribution in [0.4, 0.5) is 10.8 Å².